The van der Waals surface area contributed by atoms with Gasteiger partial charge in [-0.25, -0.2) is 4.98 Å². The van der Waals surface area contributed by atoms with Crippen LogP contribution in [0.25, 0.3) is 10.6 Å². The van der Waals surface area contributed by atoms with Crippen LogP contribution in [0.4, 0.5) is 0 Å². The zero-order valence-electron chi connectivity index (χ0n) is 8.46. The molecule has 16 heavy (non-hydrogen) atoms. The fraction of sp³-hybridized carbons (Fsp3) is 0.182. The Bertz CT molecular complexity index is 482. The molecule has 0 saturated heterocycles. The average molecular weight is 234 g/mol. The molecule has 0 aliphatic carbocycles. The van der Waals surface area contributed by atoms with E-state index in [9.17, 15) is 4.79 Å². The van der Waals surface area contributed by atoms with Crippen LogP contribution in [0.2, 0.25) is 0 Å². The molecule has 0 atom stereocenters. The molecule has 0 aromatic carbocycles. The van der Waals surface area contributed by atoms with Crippen molar-refractivity contribution >= 4 is 17.3 Å². The number of aryl methyl sites for hydroxylation is 1. The summed E-state index contributed by atoms with van der Waals surface area (Å²) in [5.41, 5.74) is 1.85. The largest absolute Gasteiger partial charge is 0.481 e. The summed E-state index contributed by atoms with van der Waals surface area (Å²) < 4.78 is 0. The molecule has 0 spiro atoms. The van der Waals surface area contributed by atoms with Gasteiger partial charge in [0.25, 0.3) is 0 Å². The molecule has 2 aromatic rings. The van der Waals surface area contributed by atoms with E-state index < -0.39 is 5.97 Å². The van der Waals surface area contributed by atoms with Gasteiger partial charge < -0.3 is 5.11 Å². The summed E-state index contributed by atoms with van der Waals surface area (Å²) in [7, 11) is 0. The van der Waals surface area contributed by atoms with Crippen LogP contribution < -0.4 is 0 Å². The van der Waals surface area contributed by atoms with E-state index in [2.05, 4.69) is 9.97 Å². The Morgan fingerprint density at radius 2 is 2.12 bits per heavy atom. The van der Waals surface area contributed by atoms with Crippen molar-refractivity contribution in [2.75, 3.05) is 0 Å². The number of carboxylic acid groups (broad SMARTS) is 1. The molecule has 0 amide bonds. The van der Waals surface area contributed by atoms with Crippen molar-refractivity contribution in [2.45, 2.75) is 12.8 Å². The summed E-state index contributed by atoms with van der Waals surface area (Å²) >= 11 is 1.52. The van der Waals surface area contributed by atoms with E-state index in [1.807, 2.05) is 17.5 Å². The number of rotatable bonds is 4. The van der Waals surface area contributed by atoms with Crippen LogP contribution in [0.3, 0.4) is 0 Å². The summed E-state index contributed by atoms with van der Waals surface area (Å²) in [5.74, 6) is -0.793. The van der Waals surface area contributed by atoms with Crippen molar-refractivity contribution < 1.29 is 9.90 Å². The minimum atomic E-state index is -0.793. The van der Waals surface area contributed by atoms with Crippen LogP contribution in [-0.2, 0) is 11.2 Å². The molecule has 4 nitrogen and oxygen atoms in total. The standard InChI is InChI=1S/C11H10N2O2S/c14-10(15)2-1-9-7-16-11(13-9)8-3-5-12-6-4-8/h3-7H,1-2H2,(H,14,15). The Morgan fingerprint density at radius 3 is 2.81 bits per heavy atom. The van der Waals surface area contributed by atoms with Crippen molar-refractivity contribution in [1.29, 1.82) is 0 Å². The second-order valence-corrected chi connectivity index (χ2v) is 4.13. The normalized spacial score (nSPS) is 10.2. The van der Waals surface area contributed by atoms with E-state index in [4.69, 9.17) is 5.11 Å². The summed E-state index contributed by atoms with van der Waals surface area (Å²) in [6.07, 6.45) is 4.04. The smallest absolute Gasteiger partial charge is 0.303 e. The maximum atomic E-state index is 10.4. The van der Waals surface area contributed by atoms with E-state index in [0.29, 0.717) is 6.42 Å². The van der Waals surface area contributed by atoms with E-state index in [-0.39, 0.29) is 6.42 Å². The maximum absolute atomic E-state index is 10.4. The lowest BCUT2D eigenvalue weighted by Gasteiger charge is -1.93. The van der Waals surface area contributed by atoms with Crippen LogP contribution in [0.15, 0.2) is 29.9 Å². The first-order chi connectivity index (χ1) is 7.75. The van der Waals surface area contributed by atoms with Gasteiger partial charge in [0, 0.05) is 29.8 Å². The Labute approximate surface area is 96.6 Å². The lowest BCUT2D eigenvalue weighted by Crippen LogP contribution is -1.97. The number of hydrogen-bond acceptors (Lipinski definition) is 4. The first-order valence-corrected chi connectivity index (χ1v) is 5.70. The highest BCUT2D eigenvalue weighted by molar-refractivity contribution is 7.13. The van der Waals surface area contributed by atoms with Gasteiger partial charge in [0.2, 0.25) is 0 Å². The number of carboxylic acids is 1. The number of aromatic nitrogens is 2. The summed E-state index contributed by atoms with van der Waals surface area (Å²) in [6.45, 7) is 0. The van der Waals surface area contributed by atoms with Crippen molar-refractivity contribution in [2.24, 2.45) is 0 Å². The first kappa shape index (κ1) is 10.8. The van der Waals surface area contributed by atoms with Gasteiger partial charge in [0.15, 0.2) is 0 Å². The Kier molecular flexibility index (Phi) is 3.26. The zero-order valence-corrected chi connectivity index (χ0v) is 9.28. The molecular formula is C11H10N2O2S. The van der Waals surface area contributed by atoms with Gasteiger partial charge in [-0.05, 0) is 12.1 Å². The molecule has 1 N–H and O–H groups in total. The lowest BCUT2D eigenvalue weighted by atomic mass is 10.2. The quantitative estimate of drug-likeness (QED) is 0.881. The van der Waals surface area contributed by atoms with Gasteiger partial charge >= 0.3 is 5.97 Å². The van der Waals surface area contributed by atoms with Crippen molar-refractivity contribution in [3.05, 3.63) is 35.6 Å². The monoisotopic (exact) mass is 234 g/mol. The molecule has 0 aliphatic heterocycles. The summed E-state index contributed by atoms with van der Waals surface area (Å²) in [4.78, 5) is 18.7. The molecule has 5 heteroatoms. The summed E-state index contributed by atoms with van der Waals surface area (Å²) in [6, 6.07) is 3.78. The Hall–Kier alpha value is -1.75. The number of aliphatic carboxylic acids is 1. The van der Waals surface area contributed by atoms with E-state index in [1.54, 1.807) is 12.4 Å². The van der Waals surface area contributed by atoms with Gasteiger partial charge in [-0.1, -0.05) is 0 Å². The topological polar surface area (TPSA) is 63.1 Å². The molecule has 0 radical (unpaired) electrons. The average Bonchev–Trinajstić information content (AvgIpc) is 2.76. The molecule has 0 unspecified atom stereocenters. The molecule has 0 saturated carbocycles. The fourth-order valence-electron chi connectivity index (χ4n) is 1.28. The minimum Gasteiger partial charge on any atom is -0.481 e. The van der Waals surface area contributed by atoms with Crippen LogP contribution >= 0.6 is 11.3 Å². The van der Waals surface area contributed by atoms with Gasteiger partial charge in [0.05, 0.1) is 12.1 Å². The van der Waals surface area contributed by atoms with Gasteiger partial charge in [-0.2, -0.15) is 0 Å². The van der Waals surface area contributed by atoms with Crippen LogP contribution in [0, 0.1) is 0 Å². The number of thiazole rings is 1. The van der Waals surface area contributed by atoms with Gasteiger partial charge in [0.1, 0.15) is 5.01 Å². The SMILES string of the molecule is O=C(O)CCc1csc(-c2ccncc2)n1. The zero-order chi connectivity index (χ0) is 11.4. The molecule has 2 rings (SSSR count). The molecule has 0 bridgehead atoms. The molecule has 2 aromatic heterocycles. The predicted octanol–water partition coefficient (Wildman–Crippen LogP) is 2.22. The third-order valence-corrected chi connectivity index (χ3v) is 3.01. The number of carbonyl (C=O) groups is 1. The Morgan fingerprint density at radius 1 is 1.38 bits per heavy atom. The second kappa shape index (κ2) is 4.85. The van der Waals surface area contributed by atoms with E-state index in [1.165, 1.54) is 11.3 Å². The number of nitrogens with zero attached hydrogens (tertiary/aromatic N) is 2. The molecule has 0 fully saturated rings. The highest BCUT2D eigenvalue weighted by Gasteiger charge is 2.05. The predicted molar refractivity (Wildman–Crippen MR) is 61.3 cm³/mol. The summed E-state index contributed by atoms with van der Waals surface area (Å²) in [5, 5.41) is 11.4. The fourth-order valence-corrected chi connectivity index (χ4v) is 2.14. The van der Waals surface area contributed by atoms with Crippen molar-refractivity contribution in [3.63, 3.8) is 0 Å². The highest BCUT2D eigenvalue weighted by Crippen LogP contribution is 2.23. The van der Waals surface area contributed by atoms with E-state index in [0.717, 1.165) is 16.3 Å². The van der Waals surface area contributed by atoms with Crippen LogP contribution in [-0.4, -0.2) is 21.0 Å². The Balaban J connectivity index is 2.11. The van der Waals surface area contributed by atoms with Crippen molar-refractivity contribution in [3.8, 4) is 10.6 Å². The van der Waals surface area contributed by atoms with Crippen LogP contribution in [0.5, 0.6) is 0 Å². The maximum Gasteiger partial charge on any atom is 0.303 e. The highest BCUT2D eigenvalue weighted by atomic mass is 32.1. The number of pyridine rings is 1. The van der Waals surface area contributed by atoms with Gasteiger partial charge in [-0.15, -0.1) is 11.3 Å². The van der Waals surface area contributed by atoms with Crippen molar-refractivity contribution in [1.82, 2.24) is 9.97 Å². The van der Waals surface area contributed by atoms with Crippen LogP contribution in [0.1, 0.15) is 12.1 Å². The van der Waals surface area contributed by atoms with Gasteiger partial charge in [-0.3, -0.25) is 9.78 Å². The number of hydrogen-bond donors (Lipinski definition) is 1. The lowest BCUT2D eigenvalue weighted by molar-refractivity contribution is -0.136. The second-order valence-electron chi connectivity index (χ2n) is 3.27. The molecular weight excluding hydrogens is 224 g/mol. The third kappa shape index (κ3) is 2.64. The first-order valence-electron chi connectivity index (χ1n) is 4.82. The molecule has 0 aliphatic rings. The molecule has 82 valence electrons. The third-order valence-electron chi connectivity index (χ3n) is 2.07. The minimum absolute atomic E-state index is 0.125. The molecule has 2 heterocycles. The van der Waals surface area contributed by atoms with E-state index >= 15 is 0 Å².